The Morgan fingerprint density at radius 2 is 2.08 bits per heavy atom. The molecule has 1 N–H and O–H groups in total. The molecule has 6 heteroatoms. The van der Waals surface area contributed by atoms with Crippen LogP contribution in [0.2, 0.25) is 0 Å². The Kier molecular flexibility index (Phi) is 5.58. The maximum Gasteiger partial charge on any atom is 0.237 e. The van der Waals surface area contributed by atoms with E-state index in [2.05, 4.69) is 0 Å². The largest absolute Gasteiger partial charge is 0.490 e. The average Bonchev–Trinajstić information content (AvgIpc) is 2.94. The first-order valence-corrected chi connectivity index (χ1v) is 8.67. The maximum absolute atomic E-state index is 12.6. The van der Waals surface area contributed by atoms with Crippen LogP contribution in [0.15, 0.2) is 18.2 Å². The van der Waals surface area contributed by atoms with Crippen molar-refractivity contribution in [2.24, 2.45) is 0 Å². The monoisotopic (exact) mass is 334 g/mol. The average molecular weight is 334 g/mol. The fourth-order valence-corrected chi connectivity index (χ4v) is 3.37. The SMILES string of the molecule is CN(CCO)CC(=O)N1CCC[C@H]1c1ccc2c(c1)OCCCO2. The number of likely N-dealkylation sites (tertiary alicyclic amines) is 1. The van der Waals surface area contributed by atoms with E-state index in [4.69, 9.17) is 14.6 Å². The van der Waals surface area contributed by atoms with Crippen LogP contribution in [0.25, 0.3) is 0 Å². The van der Waals surface area contributed by atoms with Crippen molar-refractivity contribution in [3.05, 3.63) is 23.8 Å². The third-order valence-electron chi connectivity index (χ3n) is 4.62. The van der Waals surface area contributed by atoms with Gasteiger partial charge in [-0.05, 0) is 37.6 Å². The molecule has 0 aromatic heterocycles. The van der Waals surface area contributed by atoms with Crippen molar-refractivity contribution in [1.82, 2.24) is 9.80 Å². The van der Waals surface area contributed by atoms with Gasteiger partial charge in [0.1, 0.15) is 0 Å². The van der Waals surface area contributed by atoms with Crippen molar-refractivity contribution in [2.75, 3.05) is 46.5 Å². The van der Waals surface area contributed by atoms with Crippen molar-refractivity contribution >= 4 is 5.91 Å². The van der Waals surface area contributed by atoms with E-state index < -0.39 is 0 Å². The number of carbonyl (C=O) groups excluding carboxylic acids is 1. The van der Waals surface area contributed by atoms with Crippen molar-refractivity contribution in [3.8, 4) is 11.5 Å². The van der Waals surface area contributed by atoms with Crippen LogP contribution >= 0.6 is 0 Å². The minimum atomic E-state index is 0.0649. The molecular formula is C18H26N2O4. The highest BCUT2D eigenvalue weighted by Crippen LogP contribution is 2.37. The lowest BCUT2D eigenvalue weighted by molar-refractivity contribution is -0.133. The van der Waals surface area contributed by atoms with Gasteiger partial charge in [0.25, 0.3) is 0 Å². The predicted octanol–water partition coefficient (Wildman–Crippen LogP) is 1.44. The zero-order chi connectivity index (χ0) is 16.9. The summed E-state index contributed by atoms with van der Waals surface area (Å²) < 4.78 is 11.5. The van der Waals surface area contributed by atoms with Gasteiger partial charge in [-0.15, -0.1) is 0 Å². The van der Waals surface area contributed by atoms with Gasteiger partial charge < -0.3 is 19.5 Å². The molecule has 0 saturated carbocycles. The Hall–Kier alpha value is -1.79. The van der Waals surface area contributed by atoms with Gasteiger partial charge in [-0.25, -0.2) is 0 Å². The minimum absolute atomic E-state index is 0.0649. The Morgan fingerprint density at radius 1 is 1.29 bits per heavy atom. The first-order chi connectivity index (χ1) is 11.7. The molecule has 0 radical (unpaired) electrons. The highest BCUT2D eigenvalue weighted by atomic mass is 16.5. The highest BCUT2D eigenvalue weighted by Gasteiger charge is 2.31. The molecule has 2 aliphatic rings. The number of ether oxygens (including phenoxy) is 2. The molecule has 0 spiro atoms. The van der Waals surface area contributed by atoms with Gasteiger partial charge in [-0.1, -0.05) is 6.07 Å². The summed E-state index contributed by atoms with van der Waals surface area (Å²) in [6.07, 6.45) is 2.86. The Balaban J connectivity index is 1.73. The van der Waals surface area contributed by atoms with Crippen LogP contribution in [0, 0.1) is 0 Å². The molecule has 1 atom stereocenters. The number of hydrogen-bond acceptors (Lipinski definition) is 5. The van der Waals surface area contributed by atoms with Gasteiger partial charge in [-0.2, -0.15) is 0 Å². The minimum Gasteiger partial charge on any atom is -0.490 e. The van der Waals surface area contributed by atoms with E-state index in [1.54, 1.807) is 0 Å². The van der Waals surface area contributed by atoms with Gasteiger partial charge >= 0.3 is 0 Å². The number of aliphatic hydroxyl groups is 1. The van der Waals surface area contributed by atoms with E-state index in [0.717, 1.165) is 42.9 Å². The van der Waals surface area contributed by atoms with E-state index in [1.807, 2.05) is 35.0 Å². The van der Waals surface area contributed by atoms with E-state index in [1.165, 1.54) is 0 Å². The third-order valence-corrected chi connectivity index (χ3v) is 4.62. The predicted molar refractivity (Wildman–Crippen MR) is 90.3 cm³/mol. The summed E-state index contributed by atoms with van der Waals surface area (Å²) in [6, 6.07) is 6.11. The Bertz CT molecular complexity index is 578. The van der Waals surface area contributed by atoms with Crippen molar-refractivity contribution in [1.29, 1.82) is 0 Å². The van der Waals surface area contributed by atoms with E-state index in [-0.39, 0.29) is 18.6 Å². The molecule has 1 fully saturated rings. The van der Waals surface area contributed by atoms with Crippen LogP contribution in [-0.2, 0) is 4.79 Å². The summed E-state index contributed by atoms with van der Waals surface area (Å²) in [4.78, 5) is 16.4. The molecular weight excluding hydrogens is 308 g/mol. The number of aliphatic hydroxyl groups excluding tert-OH is 1. The van der Waals surface area contributed by atoms with Crippen molar-refractivity contribution in [2.45, 2.75) is 25.3 Å². The summed E-state index contributed by atoms with van der Waals surface area (Å²) >= 11 is 0. The van der Waals surface area contributed by atoms with Crippen LogP contribution in [0.5, 0.6) is 11.5 Å². The zero-order valence-corrected chi connectivity index (χ0v) is 14.2. The number of nitrogens with zero attached hydrogens (tertiary/aromatic N) is 2. The van der Waals surface area contributed by atoms with Crippen LogP contribution < -0.4 is 9.47 Å². The van der Waals surface area contributed by atoms with Gasteiger partial charge in [0.2, 0.25) is 5.91 Å². The van der Waals surface area contributed by atoms with E-state index in [0.29, 0.717) is 26.3 Å². The van der Waals surface area contributed by atoms with Crippen LogP contribution in [0.4, 0.5) is 0 Å². The lowest BCUT2D eigenvalue weighted by atomic mass is 10.0. The normalized spacial score (nSPS) is 20.3. The Morgan fingerprint density at radius 3 is 2.88 bits per heavy atom. The van der Waals surface area contributed by atoms with E-state index >= 15 is 0 Å². The second-order valence-electron chi connectivity index (χ2n) is 6.46. The number of fused-ring (bicyclic) bond motifs is 1. The second kappa shape index (κ2) is 7.85. The van der Waals surface area contributed by atoms with E-state index in [9.17, 15) is 4.79 Å². The number of amides is 1. The summed E-state index contributed by atoms with van der Waals surface area (Å²) in [7, 11) is 1.85. The molecule has 0 unspecified atom stereocenters. The van der Waals surface area contributed by atoms with Crippen molar-refractivity contribution < 1.29 is 19.4 Å². The smallest absolute Gasteiger partial charge is 0.237 e. The molecule has 0 bridgehead atoms. The molecule has 24 heavy (non-hydrogen) atoms. The summed E-state index contributed by atoms with van der Waals surface area (Å²) in [5.41, 5.74) is 1.11. The number of hydrogen-bond donors (Lipinski definition) is 1. The topological polar surface area (TPSA) is 62.2 Å². The standard InChI is InChI=1S/C18H26N2O4/c1-19(8-9-21)13-18(22)20-7-2-4-15(20)14-5-6-16-17(12-14)24-11-3-10-23-16/h5-6,12,15,21H,2-4,7-11,13H2,1H3/t15-/m0/s1. The van der Waals surface area contributed by atoms with Gasteiger partial charge in [-0.3, -0.25) is 9.69 Å². The summed E-state index contributed by atoms with van der Waals surface area (Å²) in [5.74, 6) is 1.68. The Labute approximate surface area is 143 Å². The number of rotatable bonds is 5. The van der Waals surface area contributed by atoms with Crippen LogP contribution in [0.3, 0.4) is 0 Å². The molecule has 1 aromatic rings. The molecule has 2 aliphatic heterocycles. The quantitative estimate of drug-likeness (QED) is 0.883. The molecule has 2 heterocycles. The maximum atomic E-state index is 12.6. The first-order valence-electron chi connectivity index (χ1n) is 8.67. The van der Waals surface area contributed by atoms with Gasteiger partial charge in [0, 0.05) is 19.5 Å². The molecule has 1 amide bonds. The molecule has 1 aromatic carbocycles. The van der Waals surface area contributed by atoms with Crippen LogP contribution in [-0.4, -0.2) is 67.3 Å². The lowest BCUT2D eigenvalue weighted by Crippen LogP contribution is -2.39. The number of likely N-dealkylation sites (N-methyl/N-ethyl adjacent to an activating group) is 1. The van der Waals surface area contributed by atoms with Gasteiger partial charge in [0.15, 0.2) is 11.5 Å². The zero-order valence-electron chi connectivity index (χ0n) is 14.2. The third kappa shape index (κ3) is 3.82. The summed E-state index contributed by atoms with van der Waals surface area (Å²) in [5, 5.41) is 8.99. The molecule has 132 valence electrons. The lowest BCUT2D eigenvalue weighted by Gasteiger charge is -2.27. The second-order valence-corrected chi connectivity index (χ2v) is 6.46. The van der Waals surface area contributed by atoms with Gasteiger partial charge in [0.05, 0.1) is 32.4 Å². The summed E-state index contributed by atoms with van der Waals surface area (Å²) in [6.45, 7) is 3.03. The number of carbonyl (C=O) groups is 1. The molecule has 1 saturated heterocycles. The molecule has 6 nitrogen and oxygen atoms in total. The molecule has 3 rings (SSSR count). The fraction of sp³-hybridized carbons (Fsp3) is 0.611. The molecule has 0 aliphatic carbocycles. The first kappa shape index (κ1) is 17.0. The number of benzene rings is 1. The van der Waals surface area contributed by atoms with Crippen LogP contribution in [0.1, 0.15) is 30.9 Å². The van der Waals surface area contributed by atoms with Crippen molar-refractivity contribution in [3.63, 3.8) is 0 Å². The highest BCUT2D eigenvalue weighted by molar-refractivity contribution is 5.79. The fourth-order valence-electron chi connectivity index (χ4n) is 3.37.